The molecule has 0 unspecified atom stereocenters. The second-order valence-electron chi connectivity index (χ2n) is 6.70. The van der Waals surface area contributed by atoms with Crippen molar-refractivity contribution in [3.8, 4) is 0 Å². The molecule has 0 spiro atoms. The van der Waals surface area contributed by atoms with Gasteiger partial charge in [-0.15, -0.1) is 0 Å². The van der Waals surface area contributed by atoms with Gasteiger partial charge in [0.15, 0.2) is 0 Å². The van der Waals surface area contributed by atoms with E-state index in [1.165, 1.54) is 19.2 Å². The predicted molar refractivity (Wildman–Crippen MR) is 113 cm³/mol. The summed E-state index contributed by atoms with van der Waals surface area (Å²) in [5.41, 5.74) is 1.85. The molecule has 2 aromatic rings. The minimum atomic E-state index is -3.48. The van der Waals surface area contributed by atoms with E-state index in [0.29, 0.717) is 17.8 Å². The summed E-state index contributed by atoms with van der Waals surface area (Å²) >= 11 is 0. The molecule has 8 nitrogen and oxygen atoms in total. The summed E-state index contributed by atoms with van der Waals surface area (Å²) in [4.78, 5) is 24.4. The number of carbonyl (C=O) groups is 2. The van der Waals surface area contributed by atoms with Crippen LogP contribution in [0.15, 0.2) is 53.4 Å². The highest BCUT2D eigenvalue weighted by Gasteiger charge is 2.12. The van der Waals surface area contributed by atoms with Crippen molar-refractivity contribution in [3.05, 3.63) is 54.1 Å². The van der Waals surface area contributed by atoms with E-state index in [1.807, 2.05) is 13.8 Å². The number of anilines is 2. The lowest BCUT2D eigenvalue weighted by Crippen LogP contribution is -2.34. The van der Waals surface area contributed by atoms with Crippen LogP contribution in [0.5, 0.6) is 0 Å². The Labute approximate surface area is 171 Å². The van der Waals surface area contributed by atoms with Crippen molar-refractivity contribution in [1.82, 2.24) is 10.0 Å². The smallest absolute Gasteiger partial charge is 0.319 e. The van der Waals surface area contributed by atoms with Gasteiger partial charge in [0, 0.05) is 12.5 Å². The summed E-state index contributed by atoms with van der Waals surface area (Å²) < 4.78 is 25.7. The standard InChI is InChI=1S/C20H26N4O4S/c1-14(2)22-20(26)24-18-7-5-4-6-17(18)23-19(25)13-10-15-8-11-16(12-9-15)29(27,28)21-3/h4-9,11-12,14,21H,10,13H2,1-3H3,(H,23,25)(H2,22,24,26). The Bertz CT molecular complexity index is 957. The van der Waals surface area contributed by atoms with Gasteiger partial charge in [0.25, 0.3) is 0 Å². The molecule has 0 bridgehead atoms. The van der Waals surface area contributed by atoms with E-state index in [-0.39, 0.29) is 29.3 Å². The summed E-state index contributed by atoms with van der Waals surface area (Å²) in [5.74, 6) is -0.213. The van der Waals surface area contributed by atoms with Crippen molar-refractivity contribution < 1.29 is 18.0 Å². The Morgan fingerprint density at radius 2 is 1.52 bits per heavy atom. The minimum Gasteiger partial charge on any atom is -0.336 e. The minimum absolute atomic E-state index is 0.00811. The molecule has 0 atom stereocenters. The van der Waals surface area contributed by atoms with Crippen molar-refractivity contribution in [2.75, 3.05) is 17.7 Å². The molecule has 0 aliphatic carbocycles. The summed E-state index contributed by atoms with van der Waals surface area (Å²) in [6.45, 7) is 3.71. The molecular formula is C20H26N4O4S. The van der Waals surface area contributed by atoms with Gasteiger partial charge in [-0.05, 0) is 57.1 Å². The zero-order chi connectivity index (χ0) is 21.4. The number of nitrogens with one attached hydrogen (secondary N) is 4. The van der Waals surface area contributed by atoms with E-state index < -0.39 is 10.0 Å². The Balaban J connectivity index is 1.95. The molecule has 0 heterocycles. The molecule has 3 amide bonds. The predicted octanol–water partition coefficient (Wildman–Crippen LogP) is 2.70. The van der Waals surface area contributed by atoms with Crippen molar-refractivity contribution >= 4 is 33.3 Å². The number of rotatable bonds is 8. The van der Waals surface area contributed by atoms with E-state index in [9.17, 15) is 18.0 Å². The lowest BCUT2D eigenvalue weighted by molar-refractivity contribution is -0.116. The van der Waals surface area contributed by atoms with Crippen LogP contribution in [0.2, 0.25) is 0 Å². The largest absolute Gasteiger partial charge is 0.336 e. The second kappa shape index (κ2) is 10.0. The molecule has 0 aromatic heterocycles. The highest BCUT2D eigenvalue weighted by Crippen LogP contribution is 2.21. The molecule has 0 aliphatic rings. The molecule has 2 rings (SSSR count). The third kappa shape index (κ3) is 6.88. The Morgan fingerprint density at radius 3 is 2.07 bits per heavy atom. The molecule has 29 heavy (non-hydrogen) atoms. The third-order valence-electron chi connectivity index (χ3n) is 4.01. The number of urea groups is 1. The first-order valence-electron chi connectivity index (χ1n) is 9.20. The van der Waals surface area contributed by atoms with Gasteiger partial charge >= 0.3 is 6.03 Å². The van der Waals surface area contributed by atoms with E-state index in [4.69, 9.17) is 0 Å². The quantitative estimate of drug-likeness (QED) is 0.527. The van der Waals surface area contributed by atoms with Crippen LogP contribution < -0.4 is 20.7 Å². The van der Waals surface area contributed by atoms with Gasteiger partial charge in [0.2, 0.25) is 15.9 Å². The molecule has 9 heteroatoms. The van der Waals surface area contributed by atoms with Crippen LogP contribution in [0.3, 0.4) is 0 Å². The maximum Gasteiger partial charge on any atom is 0.319 e. The van der Waals surface area contributed by atoms with Crippen LogP contribution in [-0.4, -0.2) is 33.4 Å². The van der Waals surface area contributed by atoms with Crippen LogP contribution >= 0.6 is 0 Å². The van der Waals surface area contributed by atoms with Crippen LogP contribution in [0, 0.1) is 0 Å². The van der Waals surface area contributed by atoms with Gasteiger partial charge in [0.1, 0.15) is 0 Å². The van der Waals surface area contributed by atoms with Gasteiger partial charge in [-0.2, -0.15) is 0 Å². The fraction of sp³-hybridized carbons (Fsp3) is 0.300. The van der Waals surface area contributed by atoms with Crippen LogP contribution in [0.25, 0.3) is 0 Å². The molecule has 0 fully saturated rings. The molecule has 4 N–H and O–H groups in total. The third-order valence-corrected chi connectivity index (χ3v) is 5.44. The molecular weight excluding hydrogens is 392 g/mol. The lowest BCUT2D eigenvalue weighted by atomic mass is 10.1. The first-order valence-corrected chi connectivity index (χ1v) is 10.7. The molecule has 0 radical (unpaired) electrons. The lowest BCUT2D eigenvalue weighted by Gasteiger charge is -2.14. The number of aryl methyl sites for hydroxylation is 1. The average molecular weight is 419 g/mol. The van der Waals surface area contributed by atoms with Crippen LogP contribution in [0.4, 0.5) is 16.2 Å². The normalized spacial score (nSPS) is 11.2. The molecule has 0 saturated heterocycles. The maximum atomic E-state index is 12.3. The van der Waals surface area contributed by atoms with Gasteiger partial charge in [-0.1, -0.05) is 24.3 Å². The van der Waals surface area contributed by atoms with Crippen molar-refractivity contribution in [1.29, 1.82) is 0 Å². The summed E-state index contributed by atoms with van der Waals surface area (Å²) in [5, 5.41) is 8.24. The van der Waals surface area contributed by atoms with Crippen molar-refractivity contribution in [2.45, 2.75) is 37.6 Å². The number of sulfonamides is 1. The number of hydrogen-bond acceptors (Lipinski definition) is 4. The van der Waals surface area contributed by atoms with E-state index in [1.54, 1.807) is 36.4 Å². The zero-order valence-corrected chi connectivity index (χ0v) is 17.5. The summed E-state index contributed by atoms with van der Waals surface area (Å²) in [7, 11) is -2.12. The fourth-order valence-electron chi connectivity index (χ4n) is 2.55. The molecule has 2 aromatic carbocycles. The molecule has 0 saturated carbocycles. The first-order chi connectivity index (χ1) is 13.7. The topological polar surface area (TPSA) is 116 Å². The number of para-hydroxylation sites is 2. The maximum absolute atomic E-state index is 12.3. The van der Waals surface area contributed by atoms with Crippen molar-refractivity contribution in [3.63, 3.8) is 0 Å². The van der Waals surface area contributed by atoms with E-state index >= 15 is 0 Å². The van der Waals surface area contributed by atoms with E-state index in [2.05, 4.69) is 20.7 Å². The SMILES string of the molecule is CNS(=O)(=O)c1ccc(CCC(=O)Nc2ccccc2NC(=O)NC(C)C)cc1. The Morgan fingerprint density at radius 1 is 0.931 bits per heavy atom. The fourth-order valence-corrected chi connectivity index (χ4v) is 3.28. The highest BCUT2D eigenvalue weighted by molar-refractivity contribution is 7.89. The van der Waals surface area contributed by atoms with Crippen LogP contribution in [0.1, 0.15) is 25.8 Å². The van der Waals surface area contributed by atoms with E-state index in [0.717, 1.165) is 5.56 Å². The average Bonchev–Trinajstić information content (AvgIpc) is 2.67. The van der Waals surface area contributed by atoms with Crippen LogP contribution in [-0.2, 0) is 21.2 Å². The monoisotopic (exact) mass is 418 g/mol. The number of hydrogen-bond donors (Lipinski definition) is 4. The first kappa shape index (κ1) is 22.4. The molecule has 0 aliphatic heterocycles. The number of carbonyl (C=O) groups excluding carboxylic acids is 2. The van der Waals surface area contributed by atoms with Gasteiger partial charge in [0.05, 0.1) is 16.3 Å². The molecule has 156 valence electrons. The highest BCUT2D eigenvalue weighted by atomic mass is 32.2. The summed E-state index contributed by atoms with van der Waals surface area (Å²) in [6, 6.07) is 13.0. The summed E-state index contributed by atoms with van der Waals surface area (Å²) in [6.07, 6.45) is 0.666. The van der Waals surface area contributed by atoms with Gasteiger partial charge < -0.3 is 16.0 Å². The second-order valence-corrected chi connectivity index (χ2v) is 8.58. The Hall–Kier alpha value is -2.91. The van der Waals surface area contributed by atoms with Crippen molar-refractivity contribution in [2.24, 2.45) is 0 Å². The number of amides is 3. The number of benzene rings is 2. The van der Waals surface area contributed by atoms with Gasteiger partial charge in [-0.3, -0.25) is 4.79 Å². The zero-order valence-electron chi connectivity index (χ0n) is 16.7. The Kier molecular flexibility index (Phi) is 7.74. The van der Waals surface area contributed by atoms with Gasteiger partial charge in [-0.25, -0.2) is 17.9 Å².